The van der Waals surface area contributed by atoms with Crippen LogP contribution >= 0.6 is 11.6 Å². The van der Waals surface area contributed by atoms with Crippen LogP contribution in [0.3, 0.4) is 0 Å². The van der Waals surface area contributed by atoms with Gasteiger partial charge in [-0.3, -0.25) is 0 Å². The molecule has 1 aromatic carbocycles. The number of benzene rings is 1. The third kappa shape index (κ3) is 4.49. The van der Waals surface area contributed by atoms with Crippen molar-refractivity contribution in [3.63, 3.8) is 0 Å². The standard InChI is InChI=1S/C15H19ClFNO3/c1-15(2,3)21-14(19)18-7-6-11(9-18)20-13-5-4-10(16)8-12(13)17/h4-5,8,11H,6-7,9H2,1-3H3/t11-/m1/s1. The van der Waals surface area contributed by atoms with E-state index in [0.29, 0.717) is 24.5 Å². The van der Waals surface area contributed by atoms with Gasteiger partial charge in [0.15, 0.2) is 11.6 Å². The van der Waals surface area contributed by atoms with E-state index < -0.39 is 11.4 Å². The van der Waals surface area contributed by atoms with E-state index in [-0.39, 0.29) is 17.9 Å². The molecule has 0 N–H and O–H groups in total. The van der Waals surface area contributed by atoms with Crippen LogP contribution in [0.4, 0.5) is 9.18 Å². The van der Waals surface area contributed by atoms with Crippen LogP contribution in [-0.4, -0.2) is 35.8 Å². The Bertz CT molecular complexity index is 530. The molecule has 0 bridgehead atoms. The van der Waals surface area contributed by atoms with E-state index in [1.54, 1.807) is 11.0 Å². The van der Waals surface area contributed by atoms with Crippen molar-refractivity contribution in [1.82, 2.24) is 4.90 Å². The fraction of sp³-hybridized carbons (Fsp3) is 0.533. The van der Waals surface area contributed by atoms with E-state index >= 15 is 0 Å². The zero-order chi connectivity index (χ0) is 15.6. The molecule has 1 fully saturated rings. The number of nitrogens with zero attached hydrogens (tertiary/aromatic N) is 1. The molecule has 1 atom stereocenters. The second kappa shape index (κ2) is 6.10. The lowest BCUT2D eigenvalue weighted by Crippen LogP contribution is -2.36. The minimum Gasteiger partial charge on any atom is -0.485 e. The molecule has 1 amide bonds. The van der Waals surface area contributed by atoms with E-state index in [1.807, 2.05) is 20.8 Å². The number of likely N-dealkylation sites (tertiary alicyclic amines) is 1. The van der Waals surface area contributed by atoms with Gasteiger partial charge in [0.05, 0.1) is 6.54 Å². The Hall–Kier alpha value is -1.49. The van der Waals surface area contributed by atoms with Gasteiger partial charge in [-0.2, -0.15) is 0 Å². The first-order chi connectivity index (χ1) is 9.74. The number of ether oxygens (including phenoxy) is 2. The first kappa shape index (κ1) is 15.9. The molecule has 2 rings (SSSR count). The van der Waals surface area contributed by atoms with Gasteiger partial charge in [0.25, 0.3) is 0 Å². The van der Waals surface area contributed by atoms with Gasteiger partial charge in [-0.25, -0.2) is 9.18 Å². The number of halogens is 2. The lowest BCUT2D eigenvalue weighted by molar-refractivity contribution is 0.0275. The van der Waals surface area contributed by atoms with E-state index in [9.17, 15) is 9.18 Å². The summed E-state index contributed by atoms with van der Waals surface area (Å²) in [6, 6.07) is 4.27. The number of amides is 1. The summed E-state index contributed by atoms with van der Waals surface area (Å²) < 4.78 is 24.6. The van der Waals surface area contributed by atoms with Gasteiger partial charge < -0.3 is 14.4 Å². The van der Waals surface area contributed by atoms with E-state index in [4.69, 9.17) is 21.1 Å². The molecular weight excluding hydrogens is 297 g/mol. The minimum absolute atomic E-state index is 0.149. The summed E-state index contributed by atoms with van der Waals surface area (Å²) in [5.41, 5.74) is -0.529. The average molecular weight is 316 g/mol. The second-order valence-electron chi connectivity index (χ2n) is 6.03. The van der Waals surface area contributed by atoms with E-state index in [1.165, 1.54) is 12.1 Å². The Morgan fingerprint density at radius 2 is 2.14 bits per heavy atom. The van der Waals surface area contributed by atoms with Crippen LogP contribution in [0, 0.1) is 5.82 Å². The van der Waals surface area contributed by atoms with Gasteiger partial charge >= 0.3 is 6.09 Å². The van der Waals surface area contributed by atoms with Gasteiger partial charge in [0.1, 0.15) is 11.7 Å². The largest absolute Gasteiger partial charge is 0.485 e. The van der Waals surface area contributed by atoms with Gasteiger partial charge in [0, 0.05) is 18.0 Å². The molecule has 4 nitrogen and oxygen atoms in total. The van der Waals surface area contributed by atoms with Crippen molar-refractivity contribution in [2.75, 3.05) is 13.1 Å². The summed E-state index contributed by atoms with van der Waals surface area (Å²) in [7, 11) is 0. The summed E-state index contributed by atoms with van der Waals surface area (Å²) in [6.07, 6.45) is 0.0276. The number of rotatable bonds is 2. The summed E-state index contributed by atoms with van der Waals surface area (Å²) in [4.78, 5) is 13.5. The molecule has 1 saturated heterocycles. The summed E-state index contributed by atoms with van der Waals surface area (Å²) in [6.45, 7) is 6.37. The third-order valence-electron chi connectivity index (χ3n) is 2.98. The zero-order valence-corrected chi connectivity index (χ0v) is 13.1. The zero-order valence-electron chi connectivity index (χ0n) is 12.4. The van der Waals surface area contributed by atoms with Crippen molar-refractivity contribution in [2.24, 2.45) is 0 Å². The lowest BCUT2D eigenvalue weighted by atomic mass is 10.2. The van der Waals surface area contributed by atoms with Crippen LogP contribution < -0.4 is 4.74 Å². The Balaban J connectivity index is 1.92. The van der Waals surface area contributed by atoms with E-state index in [0.717, 1.165) is 0 Å². The SMILES string of the molecule is CC(C)(C)OC(=O)N1CC[C@@H](Oc2ccc(Cl)cc2F)C1. The predicted octanol–water partition coefficient (Wildman–Crippen LogP) is 3.87. The highest BCUT2D eigenvalue weighted by atomic mass is 35.5. The summed E-state index contributed by atoms with van der Waals surface area (Å²) >= 11 is 5.69. The van der Waals surface area contributed by atoms with Crippen LogP contribution in [0.1, 0.15) is 27.2 Å². The number of carbonyl (C=O) groups is 1. The maximum atomic E-state index is 13.7. The Kier molecular flexibility index (Phi) is 4.61. The van der Waals surface area contributed by atoms with Gasteiger partial charge in [0.2, 0.25) is 0 Å². The molecule has 1 aliphatic heterocycles. The van der Waals surface area contributed by atoms with Crippen LogP contribution in [-0.2, 0) is 4.74 Å². The molecule has 0 aliphatic carbocycles. The number of carbonyl (C=O) groups excluding carboxylic acids is 1. The van der Waals surface area contributed by atoms with Crippen LogP contribution in [0.25, 0.3) is 0 Å². The smallest absolute Gasteiger partial charge is 0.410 e. The van der Waals surface area contributed by atoms with Crippen LogP contribution in [0.15, 0.2) is 18.2 Å². The number of hydrogen-bond donors (Lipinski definition) is 0. The van der Waals surface area contributed by atoms with Crippen LogP contribution in [0.2, 0.25) is 5.02 Å². The maximum Gasteiger partial charge on any atom is 0.410 e. The van der Waals surface area contributed by atoms with Crippen LogP contribution in [0.5, 0.6) is 5.75 Å². The molecular formula is C15H19ClFNO3. The molecule has 1 aromatic rings. The van der Waals surface area contributed by atoms with Gasteiger partial charge in [-0.05, 0) is 39.0 Å². The van der Waals surface area contributed by atoms with Crippen molar-refractivity contribution < 1.29 is 18.7 Å². The Labute approximate surface area is 128 Å². The van der Waals surface area contributed by atoms with Crippen molar-refractivity contribution in [3.05, 3.63) is 29.0 Å². The van der Waals surface area contributed by atoms with Crippen molar-refractivity contribution >= 4 is 17.7 Å². The highest BCUT2D eigenvalue weighted by Gasteiger charge is 2.31. The fourth-order valence-electron chi connectivity index (χ4n) is 2.07. The van der Waals surface area contributed by atoms with Gasteiger partial charge in [-0.1, -0.05) is 11.6 Å². The first-order valence-electron chi connectivity index (χ1n) is 6.84. The van der Waals surface area contributed by atoms with E-state index in [2.05, 4.69) is 0 Å². The molecule has 0 spiro atoms. The van der Waals surface area contributed by atoms with Gasteiger partial charge in [-0.15, -0.1) is 0 Å². The molecule has 0 saturated carbocycles. The average Bonchev–Trinajstić information content (AvgIpc) is 2.79. The second-order valence-corrected chi connectivity index (χ2v) is 6.47. The molecule has 0 aromatic heterocycles. The Morgan fingerprint density at radius 3 is 2.76 bits per heavy atom. The normalized spacial score (nSPS) is 18.7. The highest BCUT2D eigenvalue weighted by molar-refractivity contribution is 6.30. The fourth-order valence-corrected chi connectivity index (χ4v) is 2.23. The summed E-state index contributed by atoms with van der Waals surface area (Å²) in [5.74, 6) is -0.353. The summed E-state index contributed by atoms with van der Waals surface area (Å²) in [5, 5.41) is 0.321. The molecule has 1 aliphatic rings. The molecule has 116 valence electrons. The first-order valence-corrected chi connectivity index (χ1v) is 7.22. The maximum absolute atomic E-state index is 13.7. The minimum atomic E-state index is -0.529. The van der Waals surface area contributed by atoms with Crippen molar-refractivity contribution in [2.45, 2.75) is 38.9 Å². The number of hydrogen-bond acceptors (Lipinski definition) is 3. The molecule has 0 radical (unpaired) electrons. The molecule has 21 heavy (non-hydrogen) atoms. The highest BCUT2D eigenvalue weighted by Crippen LogP contribution is 2.25. The third-order valence-corrected chi connectivity index (χ3v) is 3.22. The lowest BCUT2D eigenvalue weighted by Gasteiger charge is -2.24. The topological polar surface area (TPSA) is 38.8 Å². The van der Waals surface area contributed by atoms with Crippen molar-refractivity contribution in [3.8, 4) is 5.75 Å². The monoisotopic (exact) mass is 315 g/mol. The molecule has 1 heterocycles. The quantitative estimate of drug-likeness (QED) is 0.831. The molecule has 6 heteroatoms. The Morgan fingerprint density at radius 1 is 1.43 bits per heavy atom. The molecule has 0 unspecified atom stereocenters. The van der Waals surface area contributed by atoms with Crippen molar-refractivity contribution in [1.29, 1.82) is 0 Å². The predicted molar refractivity (Wildman–Crippen MR) is 78.3 cm³/mol.